The number of benzene rings is 2. The fraction of sp³-hybridized carbons (Fsp3) is 0.455. The molecule has 2 heteroatoms. The van der Waals surface area contributed by atoms with Crippen molar-refractivity contribution < 1.29 is 4.74 Å². The molecule has 3 rings (SSSR count). The van der Waals surface area contributed by atoms with Gasteiger partial charge in [-0.3, -0.25) is 0 Å². The molecule has 24 heavy (non-hydrogen) atoms. The minimum Gasteiger partial charge on any atom is -0.493 e. The van der Waals surface area contributed by atoms with Gasteiger partial charge in [-0.15, -0.1) is 0 Å². The highest BCUT2D eigenvalue weighted by molar-refractivity contribution is 5.40. The lowest BCUT2D eigenvalue weighted by Gasteiger charge is -2.26. The summed E-state index contributed by atoms with van der Waals surface area (Å²) in [7, 11) is 2.18. The van der Waals surface area contributed by atoms with Gasteiger partial charge in [0, 0.05) is 17.9 Å². The molecule has 1 unspecified atom stereocenters. The number of aryl methyl sites for hydroxylation is 1. The Morgan fingerprint density at radius 1 is 1.00 bits per heavy atom. The van der Waals surface area contributed by atoms with Crippen LogP contribution in [0.4, 0.5) is 0 Å². The molecule has 2 aromatic carbocycles. The number of likely N-dealkylation sites (tertiary alicyclic amines) is 1. The van der Waals surface area contributed by atoms with Gasteiger partial charge in [0.2, 0.25) is 0 Å². The zero-order chi connectivity index (χ0) is 17.2. The molecule has 0 bridgehead atoms. The van der Waals surface area contributed by atoms with Crippen molar-refractivity contribution in [3.8, 4) is 5.75 Å². The van der Waals surface area contributed by atoms with Crippen LogP contribution in [0.3, 0.4) is 0 Å². The van der Waals surface area contributed by atoms with Gasteiger partial charge in [0.05, 0.1) is 6.61 Å². The van der Waals surface area contributed by atoms with Gasteiger partial charge in [-0.05, 0) is 50.2 Å². The second-order valence-corrected chi connectivity index (χ2v) is 7.74. The number of hydrogen-bond donors (Lipinski definition) is 0. The van der Waals surface area contributed by atoms with E-state index in [0.29, 0.717) is 5.92 Å². The summed E-state index contributed by atoms with van der Waals surface area (Å²) in [6.45, 7) is 9.86. The maximum Gasteiger partial charge on any atom is 0.119 e. The molecule has 0 saturated carbocycles. The Hall–Kier alpha value is -1.80. The summed E-state index contributed by atoms with van der Waals surface area (Å²) in [5.74, 6) is 1.65. The van der Waals surface area contributed by atoms with E-state index >= 15 is 0 Å². The highest BCUT2D eigenvalue weighted by Crippen LogP contribution is 2.32. The number of nitrogens with zero attached hydrogens (tertiary/aromatic N) is 1. The highest BCUT2D eigenvalue weighted by atomic mass is 16.5. The molecule has 1 aliphatic heterocycles. The largest absolute Gasteiger partial charge is 0.493 e. The van der Waals surface area contributed by atoms with Crippen molar-refractivity contribution in [3.05, 3.63) is 65.2 Å². The van der Waals surface area contributed by atoms with Crippen LogP contribution in [0.25, 0.3) is 0 Å². The third-order valence-electron chi connectivity index (χ3n) is 5.32. The maximum atomic E-state index is 6.00. The summed E-state index contributed by atoms with van der Waals surface area (Å²) in [5, 5.41) is 0. The van der Waals surface area contributed by atoms with Crippen molar-refractivity contribution in [1.82, 2.24) is 4.90 Å². The first-order valence-electron chi connectivity index (χ1n) is 8.94. The molecule has 1 saturated heterocycles. The fourth-order valence-corrected chi connectivity index (χ4v) is 3.48. The molecule has 0 spiro atoms. The van der Waals surface area contributed by atoms with Crippen molar-refractivity contribution in [1.29, 1.82) is 0 Å². The van der Waals surface area contributed by atoms with Gasteiger partial charge >= 0.3 is 0 Å². The van der Waals surface area contributed by atoms with Crippen LogP contribution in [-0.4, -0.2) is 31.6 Å². The zero-order valence-corrected chi connectivity index (χ0v) is 15.4. The van der Waals surface area contributed by atoms with Crippen LogP contribution in [0.2, 0.25) is 0 Å². The van der Waals surface area contributed by atoms with E-state index in [1.165, 1.54) is 29.7 Å². The van der Waals surface area contributed by atoms with Crippen molar-refractivity contribution in [2.75, 3.05) is 26.7 Å². The van der Waals surface area contributed by atoms with Gasteiger partial charge in [-0.1, -0.05) is 55.8 Å². The van der Waals surface area contributed by atoms with E-state index in [1.54, 1.807) is 0 Å². The molecule has 0 aliphatic carbocycles. The first kappa shape index (κ1) is 17.0. The topological polar surface area (TPSA) is 12.5 Å². The summed E-state index contributed by atoms with van der Waals surface area (Å²) >= 11 is 0. The van der Waals surface area contributed by atoms with E-state index in [0.717, 1.165) is 18.9 Å². The minimum atomic E-state index is 0.000391. The summed E-state index contributed by atoms with van der Waals surface area (Å²) < 4.78 is 6.00. The van der Waals surface area contributed by atoms with E-state index in [9.17, 15) is 0 Å². The Balaban J connectivity index is 1.66. The van der Waals surface area contributed by atoms with Crippen molar-refractivity contribution in [2.24, 2.45) is 5.92 Å². The van der Waals surface area contributed by atoms with Gasteiger partial charge in [-0.25, -0.2) is 0 Å². The molecule has 0 radical (unpaired) electrons. The molecular formula is C22H29NO. The second-order valence-electron chi connectivity index (χ2n) is 7.74. The fourth-order valence-electron chi connectivity index (χ4n) is 3.48. The number of rotatable bonds is 5. The van der Waals surface area contributed by atoms with E-state index in [2.05, 4.69) is 81.2 Å². The van der Waals surface area contributed by atoms with Crippen molar-refractivity contribution >= 4 is 0 Å². The lowest BCUT2D eigenvalue weighted by Crippen LogP contribution is -2.19. The Kier molecular flexibility index (Phi) is 4.96. The molecule has 0 amide bonds. The Bertz CT molecular complexity index is 657. The molecule has 1 heterocycles. The molecule has 0 N–H and O–H groups in total. The first-order valence-corrected chi connectivity index (χ1v) is 8.94. The lowest BCUT2D eigenvalue weighted by molar-refractivity contribution is 0.249. The predicted molar refractivity (Wildman–Crippen MR) is 101 cm³/mol. The third-order valence-corrected chi connectivity index (χ3v) is 5.32. The highest BCUT2D eigenvalue weighted by Gasteiger charge is 2.23. The molecular weight excluding hydrogens is 294 g/mol. The SMILES string of the molecule is Cc1ccc(C(C)(C)c2ccc(OCC3CCN(C)C3)cc2)cc1. The molecule has 1 atom stereocenters. The molecule has 1 fully saturated rings. The standard InChI is InChI=1S/C22H29NO/c1-17-5-7-19(8-6-17)22(2,3)20-9-11-21(12-10-20)24-16-18-13-14-23(4)15-18/h5-12,18H,13-16H2,1-4H3. The van der Waals surface area contributed by atoms with Crippen LogP contribution in [-0.2, 0) is 5.41 Å². The molecule has 0 aromatic heterocycles. The summed E-state index contributed by atoms with van der Waals surface area (Å²) in [6, 6.07) is 17.5. The van der Waals surface area contributed by atoms with Crippen LogP contribution in [0.1, 0.15) is 37.0 Å². The van der Waals surface area contributed by atoms with Crippen LogP contribution in [0.5, 0.6) is 5.75 Å². The second kappa shape index (κ2) is 6.98. The average Bonchev–Trinajstić information content (AvgIpc) is 2.99. The Morgan fingerprint density at radius 2 is 1.58 bits per heavy atom. The molecule has 2 nitrogen and oxygen atoms in total. The van der Waals surface area contributed by atoms with Gasteiger partial charge in [0.15, 0.2) is 0 Å². The number of ether oxygens (including phenoxy) is 1. The summed E-state index contributed by atoms with van der Waals surface area (Å²) in [5.41, 5.74) is 3.96. The van der Waals surface area contributed by atoms with Crippen LogP contribution < -0.4 is 4.74 Å². The number of hydrogen-bond acceptors (Lipinski definition) is 2. The predicted octanol–water partition coefficient (Wildman–Crippen LogP) is 4.65. The van der Waals surface area contributed by atoms with E-state index in [4.69, 9.17) is 4.74 Å². The normalized spacial score (nSPS) is 18.8. The van der Waals surface area contributed by atoms with E-state index < -0.39 is 0 Å². The summed E-state index contributed by atoms with van der Waals surface area (Å²) in [6.07, 6.45) is 1.25. The minimum absolute atomic E-state index is 0.000391. The zero-order valence-electron chi connectivity index (χ0n) is 15.4. The Labute approximate surface area is 146 Å². The lowest BCUT2D eigenvalue weighted by atomic mass is 9.78. The molecule has 2 aromatic rings. The summed E-state index contributed by atoms with van der Waals surface area (Å²) in [4.78, 5) is 2.38. The van der Waals surface area contributed by atoms with Crippen LogP contribution >= 0.6 is 0 Å². The maximum absolute atomic E-state index is 6.00. The van der Waals surface area contributed by atoms with Gasteiger partial charge in [0.25, 0.3) is 0 Å². The van der Waals surface area contributed by atoms with Crippen LogP contribution in [0, 0.1) is 12.8 Å². The first-order chi connectivity index (χ1) is 11.4. The Morgan fingerprint density at radius 3 is 2.12 bits per heavy atom. The van der Waals surface area contributed by atoms with E-state index in [1.807, 2.05) is 0 Å². The van der Waals surface area contributed by atoms with Crippen molar-refractivity contribution in [2.45, 2.75) is 32.6 Å². The van der Waals surface area contributed by atoms with Gasteiger partial charge < -0.3 is 9.64 Å². The van der Waals surface area contributed by atoms with E-state index in [-0.39, 0.29) is 5.41 Å². The van der Waals surface area contributed by atoms with Crippen LogP contribution in [0.15, 0.2) is 48.5 Å². The molecule has 128 valence electrons. The molecule has 1 aliphatic rings. The monoisotopic (exact) mass is 323 g/mol. The third kappa shape index (κ3) is 3.81. The quantitative estimate of drug-likeness (QED) is 0.794. The van der Waals surface area contributed by atoms with Gasteiger partial charge in [-0.2, -0.15) is 0 Å². The average molecular weight is 323 g/mol. The van der Waals surface area contributed by atoms with Crippen molar-refractivity contribution in [3.63, 3.8) is 0 Å². The van der Waals surface area contributed by atoms with Gasteiger partial charge in [0.1, 0.15) is 5.75 Å². The smallest absolute Gasteiger partial charge is 0.119 e.